The molecule has 0 saturated carbocycles. The van der Waals surface area contributed by atoms with Crippen molar-refractivity contribution in [1.82, 2.24) is 5.32 Å². The van der Waals surface area contributed by atoms with Crippen LogP contribution in [-0.2, 0) is 16.1 Å². The predicted octanol–water partition coefficient (Wildman–Crippen LogP) is 0.623. The highest BCUT2D eigenvalue weighted by Gasteiger charge is 2.10. The Hall–Kier alpha value is -1.46. The van der Waals surface area contributed by atoms with Gasteiger partial charge < -0.3 is 11.1 Å². The van der Waals surface area contributed by atoms with Gasteiger partial charge in [-0.15, -0.1) is 0 Å². The fourth-order valence-electron chi connectivity index (χ4n) is 1.02. The molecule has 0 aromatic heterocycles. The van der Waals surface area contributed by atoms with E-state index in [-0.39, 0.29) is 18.1 Å². The molecule has 1 rings (SSSR count). The van der Waals surface area contributed by atoms with E-state index >= 15 is 0 Å². The molecule has 1 amide bonds. The van der Waals surface area contributed by atoms with E-state index in [4.69, 9.17) is 17.3 Å². The van der Waals surface area contributed by atoms with Crippen LogP contribution in [0.3, 0.4) is 0 Å². The average Bonchev–Trinajstić information content (AvgIpc) is 2.29. The van der Waals surface area contributed by atoms with Gasteiger partial charge in [0.05, 0.1) is 11.6 Å². The summed E-state index contributed by atoms with van der Waals surface area (Å²) in [5, 5.41) is 2.32. The highest BCUT2D eigenvalue weighted by Crippen LogP contribution is 2.15. The van der Waals surface area contributed by atoms with Crippen molar-refractivity contribution in [3.8, 4) is 0 Å². The SMILES string of the molecule is NCC(=O)C(=O)NCc1ccc(F)c(Cl)c1. The lowest BCUT2D eigenvalue weighted by Crippen LogP contribution is -2.34. The molecule has 0 spiro atoms. The number of carbonyl (C=O) groups excluding carboxylic acids is 2. The van der Waals surface area contributed by atoms with E-state index in [1.807, 2.05) is 0 Å². The van der Waals surface area contributed by atoms with E-state index < -0.39 is 17.5 Å². The summed E-state index contributed by atoms with van der Waals surface area (Å²) in [6.07, 6.45) is 0. The van der Waals surface area contributed by atoms with Crippen molar-refractivity contribution in [2.45, 2.75) is 6.54 Å². The second-order valence-electron chi connectivity index (χ2n) is 3.06. The molecule has 0 aliphatic rings. The van der Waals surface area contributed by atoms with Gasteiger partial charge in [-0.25, -0.2) is 4.39 Å². The Balaban J connectivity index is 2.58. The zero-order valence-corrected chi connectivity index (χ0v) is 9.05. The number of amides is 1. The third kappa shape index (κ3) is 3.29. The Morgan fingerprint density at radius 3 is 2.69 bits per heavy atom. The van der Waals surface area contributed by atoms with Gasteiger partial charge in [-0.3, -0.25) is 9.59 Å². The van der Waals surface area contributed by atoms with Gasteiger partial charge in [0.1, 0.15) is 5.82 Å². The molecule has 0 aliphatic heterocycles. The van der Waals surface area contributed by atoms with Gasteiger partial charge >= 0.3 is 0 Å². The molecule has 0 radical (unpaired) electrons. The summed E-state index contributed by atoms with van der Waals surface area (Å²) in [6.45, 7) is -0.236. The van der Waals surface area contributed by atoms with Crippen LogP contribution < -0.4 is 11.1 Å². The van der Waals surface area contributed by atoms with Crippen LogP contribution >= 0.6 is 11.6 Å². The summed E-state index contributed by atoms with van der Waals surface area (Å²) in [5.74, 6) is -1.99. The van der Waals surface area contributed by atoms with Gasteiger partial charge in [0.25, 0.3) is 5.91 Å². The van der Waals surface area contributed by atoms with Gasteiger partial charge in [-0.1, -0.05) is 17.7 Å². The third-order valence-electron chi connectivity index (χ3n) is 1.88. The van der Waals surface area contributed by atoms with Crippen LogP contribution in [-0.4, -0.2) is 18.2 Å². The number of halogens is 2. The van der Waals surface area contributed by atoms with Crippen LogP contribution in [0.25, 0.3) is 0 Å². The minimum atomic E-state index is -0.761. The van der Waals surface area contributed by atoms with E-state index in [2.05, 4.69) is 5.32 Å². The molecule has 0 bridgehead atoms. The molecule has 1 aromatic rings. The van der Waals surface area contributed by atoms with E-state index in [1.165, 1.54) is 18.2 Å². The molecule has 4 nitrogen and oxygen atoms in total. The molecule has 1 aromatic carbocycles. The lowest BCUT2D eigenvalue weighted by atomic mass is 10.2. The highest BCUT2D eigenvalue weighted by molar-refractivity contribution is 6.36. The number of nitrogens with two attached hydrogens (primary N) is 1. The van der Waals surface area contributed by atoms with Crippen LogP contribution in [0.4, 0.5) is 4.39 Å². The van der Waals surface area contributed by atoms with Crippen molar-refractivity contribution in [3.63, 3.8) is 0 Å². The van der Waals surface area contributed by atoms with Gasteiger partial charge in [-0.05, 0) is 17.7 Å². The average molecular weight is 245 g/mol. The molecule has 86 valence electrons. The predicted molar refractivity (Wildman–Crippen MR) is 57.3 cm³/mol. The molecule has 0 aliphatic carbocycles. The molecular weight excluding hydrogens is 235 g/mol. The Morgan fingerprint density at radius 1 is 1.44 bits per heavy atom. The largest absolute Gasteiger partial charge is 0.345 e. The Labute approximate surface area is 96.6 Å². The zero-order chi connectivity index (χ0) is 12.1. The van der Waals surface area contributed by atoms with E-state index in [0.717, 1.165) is 0 Å². The van der Waals surface area contributed by atoms with E-state index in [1.54, 1.807) is 0 Å². The topological polar surface area (TPSA) is 72.2 Å². The van der Waals surface area contributed by atoms with Gasteiger partial charge in [-0.2, -0.15) is 0 Å². The van der Waals surface area contributed by atoms with Gasteiger partial charge in [0, 0.05) is 6.54 Å². The maximum Gasteiger partial charge on any atom is 0.289 e. The number of Topliss-reactive ketones (excluding diaryl/α,β-unsaturated/α-hetero) is 1. The fourth-order valence-corrected chi connectivity index (χ4v) is 1.23. The van der Waals surface area contributed by atoms with Crippen molar-refractivity contribution < 1.29 is 14.0 Å². The lowest BCUT2D eigenvalue weighted by molar-refractivity contribution is -0.137. The summed E-state index contributed by atoms with van der Waals surface area (Å²) in [7, 11) is 0. The lowest BCUT2D eigenvalue weighted by Gasteiger charge is -2.04. The molecule has 0 fully saturated rings. The van der Waals surface area contributed by atoms with Crippen molar-refractivity contribution >= 4 is 23.3 Å². The maximum atomic E-state index is 12.8. The number of hydrogen-bond acceptors (Lipinski definition) is 3. The number of hydrogen-bond donors (Lipinski definition) is 2. The standard InChI is InChI=1S/C10H10ClFN2O2/c11-7-3-6(1-2-8(7)12)5-14-10(16)9(15)4-13/h1-3H,4-5,13H2,(H,14,16). The Morgan fingerprint density at radius 2 is 2.12 bits per heavy atom. The quantitative estimate of drug-likeness (QED) is 0.763. The van der Waals surface area contributed by atoms with Crippen molar-refractivity contribution in [2.75, 3.05) is 6.54 Å². The van der Waals surface area contributed by atoms with Crippen LogP contribution in [0.5, 0.6) is 0 Å². The van der Waals surface area contributed by atoms with Crippen molar-refractivity contribution in [3.05, 3.63) is 34.6 Å². The summed E-state index contributed by atoms with van der Waals surface area (Å²) in [5.41, 5.74) is 5.61. The first-order chi connectivity index (χ1) is 7.54. The second-order valence-corrected chi connectivity index (χ2v) is 3.47. The third-order valence-corrected chi connectivity index (χ3v) is 2.17. The zero-order valence-electron chi connectivity index (χ0n) is 8.30. The molecule has 16 heavy (non-hydrogen) atoms. The molecule has 6 heteroatoms. The first kappa shape index (κ1) is 12.6. The number of benzene rings is 1. The van der Waals surface area contributed by atoms with Crippen LogP contribution in [0, 0.1) is 5.82 Å². The first-order valence-electron chi connectivity index (χ1n) is 4.49. The summed E-state index contributed by atoms with van der Waals surface area (Å²) in [4.78, 5) is 21.9. The highest BCUT2D eigenvalue weighted by atomic mass is 35.5. The van der Waals surface area contributed by atoms with Crippen LogP contribution in [0.15, 0.2) is 18.2 Å². The molecule has 3 N–H and O–H groups in total. The van der Waals surface area contributed by atoms with Crippen LogP contribution in [0.1, 0.15) is 5.56 Å². The van der Waals surface area contributed by atoms with Crippen LogP contribution in [0.2, 0.25) is 5.02 Å². The normalized spacial score (nSPS) is 9.94. The Kier molecular flexibility index (Phi) is 4.39. The molecular formula is C10H10ClFN2O2. The fraction of sp³-hybridized carbons (Fsp3) is 0.200. The summed E-state index contributed by atoms with van der Waals surface area (Å²) >= 11 is 5.54. The van der Waals surface area contributed by atoms with Gasteiger partial charge in [0.2, 0.25) is 5.78 Å². The van der Waals surface area contributed by atoms with Crippen molar-refractivity contribution in [2.24, 2.45) is 5.73 Å². The minimum Gasteiger partial charge on any atom is -0.345 e. The molecule has 0 atom stereocenters. The maximum absolute atomic E-state index is 12.8. The first-order valence-corrected chi connectivity index (χ1v) is 4.87. The monoisotopic (exact) mass is 244 g/mol. The van der Waals surface area contributed by atoms with Crippen molar-refractivity contribution in [1.29, 1.82) is 0 Å². The number of rotatable bonds is 4. The van der Waals surface area contributed by atoms with E-state index in [0.29, 0.717) is 5.56 Å². The number of ketones is 1. The van der Waals surface area contributed by atoms with E-state index in [9.17, 15) is 14.0 Å². The summed E-state index contributed by atoms with van der Waals surface area (Å²) < 4.78 is 12.8. The van der Waals surface area contributed by atoms with Gasteiger partial charge in [0.15, 0.2) is 0 Å². The number of nitrogens with one attached hydrogen (secondary N) is 1. The number of carbonyl (C=O) groups is 2. The molecule has 0 saturated heterocycles. The smallest absolute Gasteiger partial charge is 0.289 e. The minimum absolute atomic E-state index is 0.0306. The Bertz CT molecular complexity index is 423. The summed E-state index contributed by atoms with van der Waals surface area (Å²) in [6, 6.07) is 4.03. The second kappa shape index (κ2) is 5.58. The molecule has 0 heterocycles. The molecule has 0 unspecified atom stereocenters.